The Morgan fingerprint density at radius 3 is 2.67 bits per heavy atom. The number of hydrogen-bond acceptors (Lipinski definition) is 4. The van der Waals surface area contributed by atoms with Crippen LogP contribution in [-0.2, 0) is 11.2 Å². The van der Waals surface area contributed by atoms with Crippen molar-refractivity contribution in [3.05, 3.63) is 23.8 Å². The van der Waals surface area contributed by atoms with E-state index in [1.54, 1.807) is 0 Å². The molecule has 1 aliphatic carbocycles. The molecule has 4 rings (SSSR count). The number of nitrogens with one attached hydrogen (secondary N) is 1. The summed E-state index contributed by atoms with van der Waals surface area (Å²) in [5, 5.41) is 2.94. The number of carbonyl (C=O) groups is 1. The molecule has 0 aromatic heterocycles. The smallest absolute Gasteiger partial charge is 0.224 e. The summed E-state index contributed by atoms with van der Waals surface area (Å²) in [7, 11) is 0. The second-order valence-corrected chi connectivity index (χ2v) is 8.24. The van der Waals surface area contributed by atoms with Gasteiger partial charge in [0.1, 0.15) is 5.75 Å². The first kappa shape index (κ1) is 18.8. The minimum Gasteiger partial charge on any atom is -0.493 e. The van der Waals surface area contributed by atoms with Crippen LogP contribution in [0.15, 0.2) is 18.2 Å². The Kier molecular flexibility index (Phi) is 6.30. The summed E-state index contributed by atoms with van der Waals surface area (Å²) in [6.07, 6.45) is 9.57. The van der Waals surface area contributed by atoms with Crippen molar-refractivity contribution in [1.82, 2.24) is 9.80 Å². The largest absolute Gasteiger partial charge is 0.493 e. The maximum Gasteiger partial charge on any atom is 0.224 e. The van der Waals surface area contributed by atoms with Gasteiger partial charge in [-0.05, 0) is 37.3 Å². The molecule has 0 radical (unpaired) electrons. The fraction of sp³-hybridized carbons (Fsp3) is 0.682. The van der Waals surface area contributed by atoms with Gasteiger partial charge in [-0.3, -0.25) is 9.69 Å². The van der Waals surface area contributed by atoms with Crippen LogP contribution in [-0.4, -0.2) is 61.1 Å². The Balaban J connectivity index is 1.15. The quantitative estimate of drug-likeness (QED) is 0.780. The van der Waals surface area contributed by atoms with Crippen LogP contribution in [0.3, 0.4) is 0 Å². The second kappa shape index (κ2) is 9.07. The third-order valence-electron chi connectivity index (χ3n) is 6.36. The minimum absolute atomic E-state index is 0.104. The zero-order valence-corrected chi connectivity index (χ0v) is 16.4. The fourth-order valence-electron chi connectivity index (χ4n) is 4.72. The molecule has 1 saturated heterocycles. The lowest BCUT2D eigenvalue weighted by Crippen LogP contribution is -2.50. The number of benzene rings is 1. The molecule has 1 aromatic rings. The number of fused-ring (bicyclic) bond motifs is 1. The predicted octanol–water partition coefficient (Wildman–Crippen LogP) is 3.29. The highest BCUT2D eigenvalue weighted by molar-refractivity contribution is 5.94. The van der Waals surface area contributed by atoms with Gasteiger partial charge in [-0.1, -0.05) is 25.3 Å². The molecule has 5 nitrogen and oxygen atoms in total. The molecule has 2 fully saturated rings. The van der Waals surface area contributed by atoms with Gasteiger partial charge >= 0.3 is 0 Å². The monoisotopic (exact) mass is 371 g/mol. The fourth-order valence-corrected chi connectivity index (χ4v) is 4.72. The predicted molar refractivity (Wildman–Crippen MR) is 108 cm³/mol. The lowest BCUT2D eigenvalue weighted by molar-refractivity contribution is -0.116. The summed E-state index contributed by atoms with van der Waals surface area (Å²) in [6.45, 7) is 6.70. The summed E-state index contributed by atoms with van der Waals surface area (Å²) >= 11 is 0. The highest BCUT2D eigenvalue weighted by Crippen LogP contribution is 2.27. The summed E-state index contributed by atoms with van der Waals surface area (Å²) in [5.41, 5.74) is 2.13. The summed E-state index contributed by atoms with van der Waals surface area (Å²) < 4.78 is 5.93. The highest BCUT2D eigenvalue weighted by Gasteiger charge is 2.24. The first-order valence-electron chi connectivity index (χ1n) is 10.8. The number of anilines is 1. The number of rotatable bonds is 6. The molecule has 1 amide bonds. The normalized spacial score (nSPS) is 22.3. The first-order valence-corrected chi connectivity index (χ1v) is 10.8. The standard InChI is InChI=1S/C22H33N3O2/c26-22-10-8-18-7-9-20(17-21(18)23-22)27-16-4-11-24-12-14-25(15-13-24)19-5-2-1-3-6-19/h7,9,17,19H,1-6,8,10-16H2,(H,23,26). The SMILES string of the molecule is O=C1CCc2ccc(OCCCN3CCN(C4CCCCC4)CC3)cc2N1. The number of ether oxygens (including phenoxy) is 1. The van der Waals surface area contributed by atoms with Gasteiger partial charge < -0.3 is 15.0 Å². The number of amides is 1. The van der Waals surface area contributed by atoms with E-state index >= 15 is 0 Å². The topological polar surface area (TPSA) is 44.8 Å². The molecule has 0 spiro atoms. The van der Waals surface area contributed by atoms with Crippen LogP contribution in [0.4, 0.5) is 5.69 Å². The van der Waals surface area contributed by atoms with Crippen molar-refractivity contribution in [3.63, 3.8) is 0 Å². The van der Waals surface area contributed by atoms with E-state index in [9.17, 15) is 4.79 Å². The Morgan fingerprint density at radius 1 is 1.04 bits per heavy atom. The van der Waals surface area contributed by atoms with Crippen molar-refractivity contribution in [1.29, 1.82) is 0 Å². The third kappa shape index (κ3) is 5.02. The van der Waals surface area contributed by atoms with E-state index in [1.807, 2.05) is 12.1 Å². The number of nitrogens with zero attached hydrogens (tertiary/aromatic N) is 2. The van der Waals surface area contributed by atoms with Gasteiger partial charge in [0.05, 0.1) is 6.61 Å². The summed E-state index contributed by atoms with van der Waals surface area (Å²) in [5.74, 6) is 0.963. The molecule has 0 atom stereocenters. The first-order chi connectivity index (χ1) is 13.3. The van der Waals surface area contributed by atoms with Crippen LogP contribution in [0.25, 0.3) is 0 Å². The molecule has 2 heterocycles. The van der Waals surface area contributed by atoms with Crippen LogP contribution >= 0.6 is 0 Å². The van der Waals surface area contributed by atoms with E-state index < -0.39 is 0 Å². The van der Waals surface area contributed by atoms with Crippen LogP contribution in [0.5, 0.6) is 5.75 Å². The Bertz CT molecular complexity index is 634. The van der Waals surface area contributed by atoms with Crippen LogP contribution in [0.2, 0.25) is 0 Å². The zero-order valence-electron chi connectivity index (χ0n) is 16.4. The van der Waals surface area contributed by atoms with E-state index in [4.69, 9.17) is 4.74 Å². The number of carbonyl (C=O) groups excluding carboxylic acids is 1. The van der Waals surface area contributed by atoms with Gasteiger partial charge in [0.25, 0.3) is 0 Å². The molecule has 27 heavy (non-hydrogen) atoms. The van der Waals surface area contributed by atoms with Crippen molar-refractivity contribution < 1.29 is 9.53 Å². The van der Waals surface area contributed by atoms with Gasteiger partial charge in [0.15, 0.2) is 0 Å². The molecule has 0 bridgehead atoms. The molecular weight excluding hydrogens is 338 g/mol. The van der Waals surface area contributed by atoms with Crippen LogP contribution in [0.1, 0.15) is 50.5 Å². The van der Waals surface area contributed by atoms with Crippen molar-refractivity contribution in [2.45, 2.75) is 57.4 Å². The lowest BCUT2D eigenvalue weighted by Gasteiger charge is -2.40. The summed E-state index contributed by atoms with van der Waals surface area (Å²) in [6, 6.07) is 6.93. The molecule has 3 aliphatic rings. The molecule has 1 N–H and O–H groups in total. The third-order valence-corrected chi connectivity index (χ3v) is 6.36. The average Bonchev–Trinajstić information content (AvgIpc) is 2.72. The van der Waals surface area contributed by atoms with Crippen molar-refractivity contribution >= 4 is 11.6 Å². The molecule has 1 saturated carbocycles. The molecular formula is C22H33N3O2. The molecule has 2 aliphatic heterocycles. The number of piperazine rings is 1. The van der Waals surface area contributed by atoms with Gasteiger partial charge in [-0.15, -0.1) is 0 Å². The Hall–Kier alpha value is -1.59. The van der Waals surface area contributed by atoms with E-state index in [0.717, 1.165) is 43.5 Å². The van der Waals surface area contributed by atoms with Crippen LogP contribution < -0.4 is 10.1 Å². The number of hydrogen-bond donors (Lipinski definition) is 1. The van der Waals surface area contributed by atoms with Crippen molar-refractivity contribution in [3.8, 4) is 5.75 Å². The van der Waals surface area contributed by atoms with E-state index in [1.165, 1.54) is 63.8 Å². The van der Waals surface area contributed by atoms with Crippen molar-refractivity contribution in [2.24, 2.45) is 0 Å². The van der Waals surface area contributed by atoms with E-state index in [2.05, 4.69) is 21.2 Å². The molecule has 5 heteroatoms. The number of aryl methyl sites for hydroxylation is 1. The lowest BCUT2D eigenvalue weighted by atomic mass is 9.94. The van der Waals surface area contributed by atoms with Crippen LogP contribution in [0, 0.1) is 0 Å². The summed E-state index contributed by atoms with van der Waals surface area (Å²) in [4.78, 5) is 16.8. The highest BCUT2D eigenvalue weighted by atomic mass is 16.5. The zero-order chi connectivity index (χ0) is 18.5. The Morgan fingerprint density at radius 2 is 1.85 bits per heavy atom. The molecule has 0 unspecified atom stereocenters. The van der Waals surface area contributed by atoms with E-state index in [0.29, 0.717) is 6.42 Å². The van der Waals surface area contributed by atoms with E-state index in [-0.39, 0.29) is 5.91 Å². The molecule has 148 valence electrons. The minimum atomic E-state index is 0.104. The maximum absolute atomic E-state index is 11.5. The van der Waals surface area contributed by atoms with Gasteiger partial charge in [-0.2, -0.15) is 0 Å². The Labute approximate surface area is 163 Å². The van der Waals surface area contributed by atoms with Gasteiger partial charge in [0.2, 0.25) is 5.91 Å². The van der Waals surface area contributed by atoms with Gasteiger partial charge in [-0.25, -0.2) is 0 Å². The average molecular weight is 372 g/mol. The molecule has 1 aromatic carbocycles. The van der Waals surface area contributed by atoms with Gasteiger partial charge in [0, 0.05) is 56.9 Å². The second-order valence-electron chi connectivity index (χ2n) is 8.24. The van der Waals surface area contributed by atoms with Crippen molar-refractivity contribution in [2.75, 3.05) is 44.6 Å². The maximum atomic E-state index is 11.5.